The van der Waals surface area contributed by atoms with E-state index in [1.165, 1.54) is 43.8 Å². The SMILES string of the molecule is CC(C)(C)c1ccc2c(c1)[cH-]c1c(C3=CC=CC3)c(C(C)(C)C)ccc12.[Hf]. The van der Waals surface area contributed by atoms with E-state index >= 15 is 0 Å². The molecule has 0 N–H and O–H groups in total. The molecule has 4 rings (SSSR count). The summed E-state index contributed by atoms with van der Waals surface area (Å²) < 4.78 is 0. The van der Waals surface area contributed by atoms with Gasteiger partial charge in [0.1, 0.15) is 0 Å². The van der Waals surface area contributed by atoms with Crippen LogP contribution >= 0.6 is 0 Å². The van der Waals surface area contributed by atoms with E-state index in [-0.39, 0.29) is 36.7 Å². The second-order valence-electron chi connectivity index (χ2n) is 9.72. The first-order chi connectivity index (χ1) is 12.2. The van der Waals surface area contributed by atoms with Crippen molar-refractivity contribution in [3.63, 3.8) is 0 Å². The zero-order chi connectivity index (χ0) is 18.7. The molecule has 0 spiro atoms. The molecule has 1 aliphatic carbocycles. The van der Waals surface area contributed by atoms with Gasteiger partial charge in [-0.05, 0) is 17.3 Å². The van der Waals surface area contributed by atoms with Gasteiger partial charge in [0.25, 0.3) is 0 Å². The number of allylic oxidation sites excluding steroid dienone is 4. The molecule has 0 unspecified atom stereocenters. The predicted octanol–water partition coefficient (Wildman–Crippen LogP) is 7.65. The summed E-state index contributed by atoms with van der Waals surface area (Å²) in [6, 6.07) is 14.1. The van der Waals surface area contributed by atoms with Crippen LogP contribution in [0.4, 0.5) is 0 Å². The van der Waals surface area contributed by atoms with Gasteiger partial charge >= 0.3 is 0 Å². The molecule has 0 heterocycles. The Morgan fingerprint density at radius 1 is 0.852 bits per heavy atom. The van der Waals surface area contributed by atoms with Crippen LogP contribution in [0.3, 0.4) is 0 Å². The molecular formula is C26H29Hf-. The molecule has 0 aromatic heterocycles. The largest absolute Gasteiger partial charge is 0.126 e. The molecule has 0 nitrogen and oxygen atoms in total. The van der Waals surface area contributed by atoms with Crippen LogP contribution in [-0.4, -0.2) is 0 Å². The van der Waals surface area contributed by atoms with Crippen LogP contribution in [0.2, 0.25) is 0 Å². The molecule has 0 saturated heterocycles. The topological polar surface area (TPSA) is 0 Å². The van der Waals surface area contributed by atoms with Crippen molar-refractivity contribution >= 4 is 27.1 Å². The standard InChI is InChI=1S/C26H29.Hf/c1-25(2,3)19-11-12-20-18(15-19)16-22-21(20)13-14-23(26(4,5)6)24(22)17-9-7-8-10-17;/h7-9,11-16H,10H2,1-6H3;/q-1;. The number of hydrogen-bond acceptors (Lipinski definition) is 0. The van der Waals surface area contributed by atoms with Gasteiger partial charge in [-0.2, -0.15) is 0 Å². The Morgan fingerprint density at radius 2 is 1.56 bits per heavy atom. The Bertz CT molecular complexity index is 1060. The van der Waals surface area contributed by atoms with E-state index < -0.39 is 0 Å². The molecule has 0 amide bonds. The monoisotopic (exact) mass is 521 g/mol. The molecule has 0 aliphatic heterocycles. The maximum Gasteiger partial charge on any atom is 0 e. The average molecular weight is 520 g/mol. The van der Waals surface area contributed by atoms with Gasteiger partial charge in [0.2, 0.25) is 0 Å². The quantitative estimate of drug-likeness (QED) is 0.229. The zero-order valence-electron chi connectivity index (χ0n) is 17.4. The van der Waals surface area contributed by atoms with Crippen LogP contribution in [0.15, 0.2) is 54.6 Å². The maximum absolute atomic E-state index is 2.42. The second-order valence-corrected chi connectivity index (χ2v) is 9.72. The summed E-state index contributed by atoms with van der Waals surface area (Å²) in [6.07, 6.45) is 7.79. The third-order valence-corrected chi connectivity index (χ3v) is 5.65. The number of rotatable bonds is 1. The zero-order valence-corrected chi connectivity index (χ0v) is 21.0. The van der Waals surface area contributed by atoms with Crippen LogP contribution < -0.4 is 0 Å². The van der Waals surface area contributed by atoms with Gasteiger partial charge in [0.05, 0.1) is 0 Å². The Kier molecular flexibility index (Phi) is 5.23. The fraction of sp³-hybridized carbons (Fsp3) is 0.346. The van der Waals surface area contributed by atoms with Crippen molar-refractivity contribution in [2.45, 2.75) is 58.8 Å². The molecule has 3 aromatic rings. The molecule has 0 fully saturated rings. The van der Waals surface area contributed by atoms with Gasteiger partial charge in [0.15, 0.2) is 0 Å². The predicted molar refractivity (Wildman–Crippen MR) is 116 cm³/mol. The van der Waals surface area contributed by atoms with E-state index in [4.69, 9.17) is 0 Å². The van der Waals surface area contributed by atoms with Gasteiger partial charge < -0.3 is 0 Å². The minimum absolute atomic E-state index is 0. The van der Waals surface area contributed by atoms with Crippen molar-refractivity contribution < 1.29 is 25.8 Å². The summed E-state index contributed by atoms with van der Waals surface area (Å²) in [4.78, 5) is 0. The van der Waals surface area contributed by atoms with Crippen molar-refractivity contribution in [1.82, 2.24) is 0 Å². The van der Waals surface area contributed by atoms with Crippen molar-refractivity contribution in [2.24, 2.45) is 0 Å². The Balaban J connectivity index is 0.00000210. The summed E-state index contributed by atoms with van der Waals surface area (Å²) in [6.45, 7) is 13.8. The molecule has 0 radical (unpaired) electrons. The van der Waals surface area contributed by atoms with Crippen LogP contribution in [0.25, 0.3) is 27.1 Å². The summed E-state index contributed by atoms with van der Waals surface area (Å²) >= 11 is 0. The normalized spacial score (nSPS) is 14.7. The minimum atomic E-state index is 0. The van der Waals surface area contributed by atoms with Crippen LogP contribution in [0, 0.1) is 0 Å². The van der Waals surface area contributed by atoms with Crippen molar-refractivity contribution in [1.29, 1.82) is 0 Å². The first-order valence-electron chi connectivity index (χ1n) is 9.69. The van der Waals surface area contributed by atoms with E-state index in [0.29, 0.717) is 0 Å². The first-order valence-corrected chi connectivity index (χ1v) is 9.69. The fourth-order valence-corrected chi connectivity index (χ4v) is 4.16. The van der Waals surface area contributed by atoms with Gasteiger partial charge in [0, 0.05) is 25.8 Å². The second kappa shape index (κ2) is 6.92. The van der Waals surface area contributed by atoms with Crippen LogP contribution in [-0.2, 0) is 36.7 Å². The molecule has 0 bridgehead atoms. The molecule has 3 aromatic carbocycles. The molecular weight excluding hydrogens is 491 g/mol. The number of hydrogen-bond donors (Lipinski definition) is 0. The minimum Gasteiger partial charge on any atom is -0.126 e. The summed E-state index contributed by atoms with van der Waals surface area (Å²) in [5.74, 6) is 0. The van der Waals surface area contributed by atoms with Crippen molar-refractivity contribution in [2.75, 3.05) is 0 Å². The van der Waals surface area contributed by atoms with Crippen LogP contribution in [0.1, 0.15) is 64.7 Å². The molecule has 1 heteroatoms. The third-order valence-electron chi connectivity index (χ3n) is 5.65. The van der Waals surface area contributed by atoms with E-state index in [1.807, 2.05) is 0 Å². The smallest absolute Gasteiger partial charge is 0 e. The molecule has 27 heavy (non-hydrogen) atoms. The molecule has 0 atom stereocenters. The number of fused-ring (bicyclic) bond motifs is 3. The van der Waals surface area contributed by atoms with Gasteiger partial charge in [-0.3, -0.25) is 0 Å². The fourth-order valence-electron chi connectivity index (χ4n) is 4.16. The van der Waals surface area contributed by atoms with E-state index in [2.05, 4.69) is 96.2 Å². The van der Waals surface area contributed by atoms with Gasteiger partial charge in [-0.15, -0.1) is 33.7 Å². The van der Waals surface area contributed by atoms with E-state index in [0.717, 1.165) is 6.42 Å². The maximum atomic E-state index is 2.42. The Labute approximate surface area is 182 Å². The van der Waals surface area contributed by atoms with Crippen LogP contribution in [0.5, 0.6) is 0 Å². The van der Waals surface area contributed by atoms with E-state index in [1.54, 1.807) is 0 Å². The summed E-state index contributed by atoms with van der Waals surface area (Å²) in [5.41, 5.74) is 6.06. The van der Waals surface area contributed by atoms with Gasteiger partial charge in [-0.1, -0.05) is 106 Å². The third kappa shape index (κ3) is 3.56. The first kappa shape index (κ1) is 20.4. The van der Waals surface area contributed by atoms with Crippen molar-refractivity contribution in [3.8, 4) is 0 Å². The average Bonchev–Trinajstić information content (AvgIpc) is 3.18. The summed E-state index contributed by atoms with van der Waals surface area (Å²) in [7, 11) is 0. The molecule has 138 valence electrons. The number of benzene rings is 2. The Morgan fingerprint density at radius 3 is 2.15 bits per heavy atom. The van der Waals surface area contributed by atoms with Gasteiger partial charge in [-0.25, -0.2) is 0 Å². The molecule has 0 saturated carbocycles. The summed E-state index contributed by atoms with van der Waals surface area (Å²) in [5, 5.41) is 5.54. The molecule has 1 aliphatic rings. The van der Waals surface area contributed by atoms with E-state index in [9.17, 15) is 0 Å². The van der Waals surface area contributed by atoms with Crippen molar-refractivity contribution in [3.05, 3.63) is 71.3 Å². The Hall–Kier alpha value is -1.34.